The Labute approximate surface area is 160 Å². The smallest absolute Gasteiger partial charge is 0.224 e. The van der Waals surface area contributed by atoms with Gasteiger partial charge >= 0.3 is 0 Å². The number of anilines is 1. The molecule has 2 aromatic carbocycles. The highest BCUT2D eigenvalue weighted by molar-refractivity contribution is 7.89. The summed E-state index contributed by atoms with van der Waals surface area (Å²) in [6, 6.07) is 16.5. The molecule has 1 heterocycles. The quantitative estimate of drug-likeness (QED) is 0.749. The SMILES string of the molecule is O=C(CCCS(=O)(=O)N1CCCC1)Nc1cccc(Oc2ccccc2)c1. The van der Waals surface area contributed by atoms with Gasteiger partial charge in [-0.2, -0.15) is 0 Å². The molecule has 0 spiro atoms. The van der Waals surface area contributed by atoms with Gasteiger partial charge in [0.1, 0.15) is 11.5 Å². The number of nitrogens with one attached hydrogen (secondary N) is 1. The molecule has 7 heteroatoms. The van der Waals surface area contributed by atoms with E-state index in [1.165, 1.54) is 4.31 Å². The second-order valence-corrected chi connectivity index (χ2v) is 8.61. The van der Waals surface area contributed by atoms with Crippen LogP contribution in [-0.2, 0) is 14.8 Å². The fraction of sp³-hybridized carbons (Fsp3) is 0.350. The standard InChI is InChI=1S/C20H24N2O4S/c23-20(12-7-15-27(24,25)22-13-4-5-14-22)21-17-8-6-11-19(16-17)26-18-9-2-1-3-10-18/h1-3,6,8-11,16H,4-5,7,12-15H2,(H,21,23). The minimum absolute atomic E-state index is 0.0115. The van der Waals surface area contributed by atoms with Gasteiger partial charge in [-0.3, -0.25) is 4.79 Å². The Morgan fingerprint density at radius 2 is 1.70 bits per heavy atom. The highest BCUT2D eigenvalue weighted by atomic mass is 32.2. The molecule has 1 aliphatic rings. The summed E-state index contributed by atoms with van der Waals surface area (Å²) in [6.07, 6.45) is 2.31. The fourth-order valence-electron chi connectivity index (χ4n) is 3.00. The number of para-hydroxylation sites is 1. The summed E-state index contributed by atoms with van der Waals surface area (Å²) >= 11 is 0. The van der Waals surface area contributed by atoms with Gasteiger partial charge in [-0.05, 0) is 43.5 Å². The van der Waals surface area contributed by atoms with Crippen molar-refractivity contribution in [2.45, 2.75) is 25.7 Å². The molecule has 1 fully saturated rings. The molecule has 1 aliphatic heterocycles. The van der Waals surface area contributed by atoms with E-state index in [1.807, 2.05) is 36.4 Å². The molecule has 1 saturated heterocycles. The molecule has 0 radical (unpaired) electrons. The Hall–Kier alpha value is -2.38. The normalized spacial score (nSPS) is 14.8. The molecule has 1 N–H and O–H groups in total. The largest absolute Gasteiger partial charge is 0.457 e. The number of benzene rings is 2. The molecular formula is C20H24N2O4S. The van der Waals surface area contributed by atoms with Crippen molar-refractivity contribution in [3.63, 3.8) is 0 Å². The minimum atomic E-state index is -3.24. The third-order valence-corrected chi connectivity index (χ3v) is 6.32. The Balaban J connectivity index is 1.48. The fourth-order valence-corrected chi connectivity index (χ4v) is 4.58. The van der Waals surface area contributed by atoms with Crippen LogP contribution >= 0.6 is 0 Å². The monoisotopic (exact) mass is 388 g/mol. The minimum Gasteiger partial charge on any atom is -0.457 e. The van der Waals surface area contributed by atoms with Gasteiger partial charge in [-0.25, -0.2) is 12.7 Å². The van der Waals surface area contributed by atoms with Crippen molar-refractivity contribution >= 4 is 21.6 Å². The number of carbonyl (C=O) groups is 1. The Kier molecular flexibility index (Phi) is 6.47. The van der Waals surface area contributed by atoms with E-state index >= 15 is 0 Å². The van der Waals surface area contributed by atoms with Gasteiger partial charge in [-0.1, -0.05) is 24.3 Å². The van der Waals surface area contributed by atoms with E-state index in [4.69, 9.17) is 4.74 Å². The van der Waals surface area contributed by atoms with Crippen molar-refractivity contribution in [1.82, 2.24) is 4.31 Å². The third kappa shape index (κ3) is 5.80. The van der Waals surface area contributed by atoms with Crippen LogP contribution in [0.3, 0.4) is 0 Å². The molecule has 2 aromatic rings. The summed E-state index contributed by atoms with van der Waals surface area (Å²) in [7, 11) is -3.24. The number of amides is 1. The maximum absolute atomic E-state index is 12.2. The summed E-state index contributed by atoms with van der Waals surface area (Å²) in [5.74, 6) is 1.14. The topological polar surface area (TPSA) is 75.7 Å². The predicted molar refractivity (Wildman–Crippen MR) is 105 cm³/mol. The number of sulfonamides is 1. The molecule has 0 aromatic heterocycles. The van der Waals surface area contributed by atoms with E-state index in [1.54, 1.807) is 18.2 Å². The average molecular weight is 388 g/mol. The molecule has 1 amide bonds. The van der Waals surface area contributed by atoms with Gasteiger partial charge < -0.3 is 10.1 Å². The lowest BCUT2D eigenvalue weighted by Gasteiger charge is -2.15. The molecule has 0 aliphatic carbocycles. The summed E-state index contributed by atoms with van der Waals surface area (Å²) in [5, 5.41) is 2.80. The average Bonchev–Trinajstić information content (AvgIpc) is 3.18. The molecule has 27 heavy (non-hydrogen) atoms. The first-order valence-corrected chi connectivity index (χ1v) is 10.7. The highest BCUT2D eigenvalue weighted by Gasteiger charge is 2.24. The van der Waals surface area contributed by atoms with Crippen LogP contribution < -0.4 is 10.1 Å². The van der Waals surface area contributed by atoms with Gasteiger partial charge in [0.15, 0.2) is 0 Å². The Morgan fingerprint density at radius 1 is 1.00 bits per heavy atom. The van der Waals surface area contributed by atoms with Crippen molar-refractivity contribution in [3.8, 4) is 11.5 Å². The van der Waals surface area contributed by atoms with Gasteiger partial charge in [0.05, 0.1) is 5.75 Å². The van der Waals surface area contributed by atoms with Crippen molar-refractivity contribution in [2.75, 3.05) is 24.2 Å². The lowest BCUT2D eigenvalue weighted by Crippen LogP contribution is -2.30. The van der Waals surface area contributed by atoms with Crippen molar-refractivity contribution < 1.29 is 17.9 Å². The number of hydrogen-bond acceptors (Lipinski definition) is 4. The van der Waals surface area contributed by atoms with Crippen molar-refractivity contribution in [1.29, 1.82) is 0 Å². The number of carbonyl (C=O) groups excluding carboxylic acids is 1. The zero-order valence-electron chi connectivity index (χ0n) is 15.1. The third-order valence-electron chi connectivity index (χ3n) is 4.36. The molecule has 0 unspecified atom stereocenters. The van der Waals surface area contributed by atoms with Crippen LogP contribution in [0.2, 0.25) is 0 Å². The number of hydrogen-bond donors (Lipinski definition) is 1. The first kappa shape index (κ1) is 19.4. The Bertz CT molecular complexity index is 863. The second kappa shape index (κ2) is 9.01. The van der Waals surface area contributed by atoms with Crippen LogP contribution in [0.4, 0.5) is 5.69 Å². The molecular weight excluding hydrogens is 364 g/mol. The lowest BCUT2D eigenvalue weighted by molar-refractivity contribution is -0.116. The molecule has 0 saturated carbocycles. The first-order chi connectivity index (χ1) is 13.0. The highest BCUT2D eigenvalue weighted by Crippen LogP contribution is 2.24. The van der Waals surface area contributed by atoms with Crippen LogP contribution in [-0.4, -0.2) is 37.5 Å². The van der Waals surface area contributed by atoms with Crippen molar-refractivity contribution in [3.05, 3.63) is 54.6 Å². The van der Waals surface area contributed by atoms with Crippen LogP contribution in [0.1, 0.15) is 25.7 Å². The molecule has 6 nitrogen and oxygen atoms in total. The lowest BCUT2D eigenvalue weighted by atomic mass is 10.2. The summed E-state index contributed by atoms with van der Waals surface area (Å²) in [6.45, 7) is 1.20. The number of nitrogens with zero attached hydrogens (tertiary/aromatic N) is 1. The van der Waals surface area contributed by atoms with Gasteiger partial charge in [0, 0.05) is 31.3 Å². The van der Waals surface area contributed by atoms with Crippen LogP contribution in [0.5, 0.6) is 11.5 Å². The maximum Gasteiger partial charge on any atom is 0.224 e. The van der Waals surface area contributed by atoms with Crippen LogP contribution in [0.15, 0.2) is 54.6 Å². The molecule has 3 rings (SSSR count). The number of ether oxygens (including phenoxy) is 1. The number of rotatable bonds is 8. The molecule has 0 bridgehead atoms. The Morgan fingerprint density at radius 3 is 2.44 bits per heavy atom. The first-order valence-electron chi connectivity index (χ1n) is 9.14. The van der Waals surface area contributed by atoms with Crippen LogP contribution in [0.25, 0.3) is 0 Å². The zero-order chi connectivity index (χ0) is 19.1. The van der Waals surface area contributed by atoms with E-state index in [0.29, 0.717) is 36.7 Å². The van der Waals surface area contributed by atoms with E-state index in [9.17, 15) is 13.2 Å². The molecule has 144 valence electrons. The maximum atomic E-state index is 12.2. The summed E-state index contributed by atoms with van der Waals surface area (Å²) < 4.78 is 31.6. The van der Waals surface area contributed by atoms with Crippen LogP contribution in [0, 0.1) is 0 Å². The van der Waals surface area contributed by atoms with Gasteiger partial charge in [-0.15, -0.1) is 0 Å². The summed E-state index contributed by atoms with van der Waals surface area (Å²) in [5.41, 5.74) is 0.621. The molecule has 0 atom stereocenters. The van der Waals surface area contributed by atoms with Gasteiger partial charge in [0.25, 0.3) is 0 Å². The van der Waals surface area contributed by atoms with Gasteiger partial charge in [0.2, 0.25) is 15.9 Å². The van der Waals surface area contributed by atoms with E-state index in [0.717, 1.165) is 12.8 Å². The second-order valence-electron chi connectivity index (χ2n) is 6.52. The van der Waals surface area contributed by atoms with Crippen molar-refractivity contribution in [2.24, 2.45) is 0 Å². The van der Waals surface area contributed by atoms with E-state index in [2.05, 4.69) is 5.32 Å². The predicted octanol–water partition coefficient (Wildman–Crippen LogP) is 3.62. The zero-order valence-corrected chi connectivity index (χ0v) is 16.0. The van der Waals surface area contributed by atoms with E-state index < -0.39 is 10.0 Å². The van der Waals surface area contributed by atoms with E-state index in [-0.39, 0.29) is 18.1 Å². The summed E-state index contributed by atoms with van der Waals surface area (Å²) in [4.78, 5) is 12.1.